The van der Waals surface area contributed by atoms with Gasteiger partial charge in [-0.3, -0.25) is 9.36 Å². The molecule has 0 radical (unpaired) electrons. The van der Waals surface area contributed by atoms with Gasteiger partial charge >= 0.3 is 11.9 Å². The molecule has 5 rings (SSSR count). The summed E-state index contributed by atoms with van der Waals surface area (Å²) in [6, 6.07) is 8.13. The fourth-order valence-electron chi connectivity index (χ4n) is 4.23. The van der Waals surface area contributed by atoms with E-state index in [0.717, 1.165) is 25.7 Å². The minimum atomic E-state index is -1.40. The van der Waals surface area contributed by atoms with Gasteiger partial charge < -0.3 is 15.2 Å². The average Bonchev–Trinajstić information content (AvgIpc) is 2.97. The maximum atomic E-state index is 13.2. The van der Waals surface area contributed by atoms with Crippen LogP contribution in [-0.4, -0.2) is 33.6 Å². The predicted molar refractivity (Wildman–Crippen MR) is 107 cm³/mol. The maximum absolute atomic E-state index is 13.2. The van der Waals surface area contributed by atoms with Crippen LogP contribution in [0.4, 0.5) is 0 Å². The van der Waals surface area contributed by atoms with Crippen molar-refractivity contribution in [2.45, 2.75) is 37.8 Å². The van der Waals surface area contributed by atoms with E-state index in [2.05, 4.69) is 10.3 Å². The number of rotatable bonds is 4. The van der Waals surface area contributed by atoms with Crippen LogP contribution in [0, 0.1) is 5.92 Å². The Morgan fingerprint density at radius 2 is 1.90 bits per heavy atom. The number of nitrogens with one attached hydrogen (secondary N) is 1. The van der Waals surface area contributed by atoms with E-state index in [1.165, 1.54) is 16.7 Å². The van der Waals surface area contributed by atoms with Gasteiger partial charge in [-0.25, -0.2) is 14.6 Å². The predicted octanol–water partition coefficient (Wildman–Crippen LogP) is 2.20. The topological polar surface area (TPSA) is 111 Å². The first-order valence-corrected chi connectivity index (χ1v) is 9.30. The van der Waals surface area contributed by atoms with Crippen LogP contribution in [0.25, 0.3) is 0 Å². The molecule has 2 N–H and O–H groups in total. The minimum Gasteiger partial charge on any atom is -0.476 e. The van der Waals surface area contributed by atoms with Crippen molar-refractivity contribution in [2.24, 2.45) is 5.92 Å². The molecule has 8 nitrogen and oxygen atoms in total. The number of ether oxygens (including phenoxy) is 1. The molecular formula is C20H22ClN3O5. The third-order valence-electron chi connectivity index (χ3n) is 5.84. The van der Waals surface area contributed by atoms with Gasteiger partial charge in [-0.05, 0) is 50.8 Å². The van der Waals surface area contributed by atoms with Crippen LogP contribution in [-0.2, 0) is 12.1 Å². The Hall–Kier alpha value is -2.71. The third kappa shape index (κ3) is 3.54. The Morgan fingerprint density at radius 3 is 2.48 bits per heavy atom. The number of aromatic carboxylic acids is 1. The largest absolute Gasteiger partial charge is 0.476 e. The van der Waals surface area contributed by atoms with Crippen molar-refractivity contribution in [1.82, 2.24) is 14.9 Å². The molecule has 2 aliphatic heterocycles. The van der Waals surface area contributed by atoms with Crippen LogP contribution in [0.2, 0.25) is 0 Å². The van der Waals surface area contributed by atoms with Crippen molar-refractivity contribution in [3.63, 3.8) is 0 Å². The van der Waals surface area contributed by atoms with Gasteiger partial charge in [0.05, 0.1) is 11.1 Å². The molecule has 29 heavy (non-hydrogen) atoms. The molecular weight excluding hydrogens is 398 g/mol. The second kappa shape index (κ2) is 7.96. The normalized spacial score (nSPS) is 22.2. The number of fused-ring (bicyclic) bond motifs is 2. The van der Waals surface area contributed by atoms with Crippen LogP contribution < -0.4 is 15.6 Å². The molecule has 2 bridgehead atoms. The second-order valence-corrected chi connectivity index (χ2v) is 7.37. The summed E-state index contributed by atoms with van der Waals surface area (Å²) in [5.41, 5.74) is -1.47. The van der Waals surface area contributed by atoms with Gasteiger partial charge in [-0.15, -0.1) is 12.4 Å². The van der Waals surface area contributed by atoms with E-state index >= 15 is 0 Å². The number of benzene rings is 1. The lowest BCUT2D eigenvalue weighted by Crippen LogP contribution is -2.45. The van der Waals surface area contributed by atoms with Crippen molar-refractivity contribution in [3.8, 4) is 5.75 Å². The van der Waals surface area contributed by atoms with E-state index in [-0.39, 0.29) is 18.0 Å². The van der Waals surface area contributed by atoms with Crippen LogP contribution in [0.1, 0.15) is 52.4 Å². The van der Waals surface area contributed by atoms with Gasteiger partial charge in [0.1, 0.15) is 5.82 Å². The van der Waals surface area contributed by atoms with Gasteiger partial charge in [-0.1, -0.05) is 18.2 Å². The molecule has 1 aromatic heterocycles. The Balaban J connectivity index is 0.00000240. The first-order chi connectivity index (χ1) is 13.4. The summed E-state index contributed by atoms with van der Waals surface area (Å²) in [5, 5.41) is 12.9. The number of nitrogens with zero attached hydrogens (tertiary/aromatic N) is 2. The first kappa shape index (κ1) is 21.0. The Morgan fingerprint density at radius 1 is 1.24 bits per heavy atom. The zero-order chi connectivity index (χ0) is 19.9. The van der Waals surface area contributed by atoms with Gasteiger partial charge in [-0.2, -0.15) is 0 Å². The Labute approximate surface area is 173 Å². The Bertz CT molecular complexity index is 997. The molecule has 1 aliphatic carbocycles. The van der Waals surface area contributed by atoms with E-state index < -0.39 is 34.5 Å². The quantitative estimate of drug-likeness (QED) is 0.731. The van der Waals surface area contributed by atoms with Crippen LogP contribution >= 0.6 is 12.4 Å². The summed E-state index contributed by atoms with van der Waals surface area (Å²) < 4.78 is 6.74. The van der Waals surface area contributed by atoms with Crippen molar-refractivity contribution in [2.75, 3.05) is 7.05 Å². The summed E-state index contributed by atoms with van der Waals surface area (Å²) in [5.74, 6) is -1.99. The summed E-state index contributed by atoms with van der Waals surface area (Å²) in [6.45, 7) is 0.445. The lowest BCUT2D eigenvalue weighted by molar-refractivity contribution is 0.0670. The molecule has 3 heterocycles. The van der Waals surface area contributed by atoms with E-state index in [9.17, 15) is 19.5 Å². The number of halogens is 1. The zero-order valence-electron chi connectivity index (χ0n) is 15.9. The van der Waals surface area contributed by atoms with Crippen molar-refractivity contribution in [1.29, 1.82) is 0 Å². The fraction of sp³-hybridized carbons (Fsp3) is 0.400. The van der Waals surface area contributed by atoms with Crippen LogP contribution in [0.3, 0.4) is 0 Å². The number of hydrogen-bond donors (Lipinski definition) is 2. The van der Waals surface area contributed by atoms with E-state index in [1.807, 2.05) is 0 Å². The lowest BCUT2D eigenvalue weighted by Gasteiger charge is -2.36. The summed E-state index contributed by atoms with van der Waals surface area (Å²) in [6.07, 6.45) is 3.40. The molecule has 0 atom stereocenters. The Kier molecular flexibility index (Phi) is 5.77. The van der Waals surface area contributed by atoms with Crippen molar-refractivity contribution >= 4 is 24.3 Å². The highest BCUT2D eigenvalue weighted by Gasteiger charge is 2.44. The van der Waals surface area contributed by atoms with Crippen LogP contribution in [0.5, 0.6) is 5.75 Å². The summed E-state index contributed by atoms with van der Waals surface area (Å²) in [7, 11) is 1.80. The zero-order valence-corrected chi connectivity index (χ0v) is 16.7. The standard InChI is InChI=1S/C20H21N3O5.ClH/c1-21-20-9-7-12(8-10-20)11-23-16(24)15(14(17(25)26)22-19(20)23)28-18(27)13-5-3-2-4-6-13;/h2-6,12,21H,7-11H2,1H3,(H,25,26);1H. The SMILES string of the molecule is CNC12CCC(CC1)Cn1c2nc(C(=O)O)c(OC(=O)c2ccccc2)c1=O.Cl. The average molecular weight is 420 g/mol. The van der Waals surface area contributed by atoms with Gasteiger partial charge in [0, 0.05) is 6.54 Å². The van der Waals surface area contributed by atoms with Gasteiger partial charge in [0.2, 0.25) is 5.75 Å². The molecule has 1 fully saturated rings. The minimum absolute atomic E-state index is 0. The summed E-state index contributed by atoms with van der Waals surface area (Å²) in [4.78, 5) is 41.8. The van der Waals surface area contributed by atoms with E-state index in [0.29, 0.717) is 18.3 Å². The molecule has 3 aliphatic rings. The monoisotopic (exact) mass is 419 g/mol. The van der Waals surface area contributed by atoms with E-state index in [1.54, 1.807) is 25.2 Å². The molecule has 0 amide bonds. The number of carbonyl (C=O) groups is 2. The van der Waals surface area contributed by atoms with E-state index in [4.69, 9.17) is 4.74 Å². The molecule has 0 saturated heterocycles. The molecule has 2 aromatic rings. The number of carboxylic acids is 1. The van der Waals surface area contributed by atoms with Crippen LogP contribution in [0.15, 0.2) is 35.1 Å². The fourth-order valence-corrected chi connectivity index (χ4v) is 4.23. The number of carboxylic acid groups (broad SMARTS) is 1. The van der Waals surface area contributed by atoms with Gasteiger partial charge in [0.25, 0.3) is 5.56 Å². The number of aromatic nitrogens is 2. The third-order valence-corrected chi connectivity index (χ3v) is 5.84. The van der Waals surface area contributed by atoms with Crippen molar-refractivity contribution in [3.05, 3.63) is 57.8 Å². The molecule has 9 heteroatoms. The molecule has 0 spiro atoms. The number of hydrogen-bond acceptors (Lipinski definition) is 6. The maximum Gasteiger partial charge on any atom is 0.358 e. The lowest BCUT2D eigenvalue weighted by atomic mass is 9.77. The molecule has 0 unspecified atom stereocenters. The molecule has 1 saturated carbocycles. The molecule has 154 valence electrons. The number of carbonyl (C=O) groups excluding carboxylic acids is 1. The molecule has 1 aromatic carbocycles. The highest BCUT2D eigenvalue weighted by molar-refractivity contribution is 5.94. The highest BCUT2D eigenvalue weighted by atomic mass is 35.5. The number of esters is 1. The first-order valence-electron chi connectivity index (χ1n) is 9.30. The van der Waals surface area contributed by atoms with Gasteiger partial charge in [0.15, 0.2) is 5.69 Å². The highest BCUT2D eigenvalue weighted by Crippen LogP contribution is 2.42. The smallest absolute Gasteiger partial charge is 0.358 e. The summed E-state index contributed by atoms with van der Waals surface area (Å²) >= 11 is 0. The van der Waals surface area contributed by atoms with Crippen molar-refractivity contribution < 1.29 is 19.4 Å². The second-order valence-electron chi connectivity index (χ2n) is 7.37.